The van der Waals surface area contributed by atoms with Crippen molar-refractivity contribution in [3.05, 3.63) is 29.3 Å². The maximum absolute atomic E-state index is 9.70. The summed E-state index contributed by atoms with van der Waals surface area (Å²) in [5, 5.41) is 13.4. The summed E-state index contributed by atoms with van der Waals surface area (Å²) in [5.41, 5.74) is 2.69. The van der Waals surface area contributed by atoms with Crippen molar-refractivity contribution in [1.82, 2.24) is 10.2 Å². The number of morpholine rings is 1. The molecule has 3 rings (SSSR count). The van der Waals surface area contributed by atoms with Gasteiger partial charge in [0.05, 0.1) is 13.2 Å². The fourth-order valence-electron chi connectivity index (χ4n) is 3.40. The highest BCUT2D eigenvalue weighted by Crippen LogP contribution is 2.31. The SMILES string of the molecule is Oc1ccc2c(c1)C(NCCCN1CCOCC1)CCC2. The van der Waals surface area contributed by atoms with Crippen LogP contribution in [0.3, 0.4) is 0 Å². The van der Waals surface area contributed by atoms with E-state index in [1.807, 2.05) is 6.07 Å². The van der Waals surface area contributed by atoms with E-state index in [1.54, 1.807) is 6.07 Å². The number of nitrogens with one attached hydrogen (secondary N) is 1. The summed E-state index contributed by atoms with van der Waals surface area (Å²) in [6, 6.07) is 6.23. The van der Waals surface area contributed by atoms with Crippen molar-refractivity contribution < 1.29 is 9.84 Å². The van der Waals surface area contributed by atoms with Crippen LogP contribution in [0.15, 0.2) is 18.2 Å². The number of aryl methyl sites for hydroxylation is 1. The second kappa shape index (κ2) is 7.25. The lowest BCUT2D eigenvalue weighted by Gasteiger charge is -2.28. The summed E-state index contributed by atoms with van der Waals surface area (Å²) in [5.74, 6) is 0.385. The smallest absolute Gasteiger partial charge is 0.115 e. The minimum Gasteiger partial charge on any atom is -0.508 e. The third kappa shape index (κ3) is 3.96. The van der Waals surface area contributed by atoms with E-state index in [1.165, 1.54) is 30.4 Å². The summed E-state index contributed by atoms with van der Waals surface area (Å²) in [6.07, 6.45) is 4.72. The van der Waals surface area contributed by atoms with Crippen LogP contribution in [0.5, 0.6) is 5.75 Å². The molecule has 1 atom stereocenters. The van der Waals surface area contributed by atoms with Crippen molar-refractivity contribution in [3.63, 3.8) is 0 Å². The number of rotatable bonds is 5. The van der Waals surface area contributed by atoms with Crippen LogP contribution in [0, 0.1) is 0 Å². The lowest BCUT2D eigenvalue weighted by atomic mass is 9.87. The predicted molar refractivity (Wildman–Crippen MR) is 83.7 cm³/mol. The van der Waals surface area contributed by atoms with E-state index >= 15 is 0 Å². The molecule has 1 aliphatic heterocycles. The number of phenolic OH excluding ortho intramolecular Hbond substituents is 1. The lowest BCUT2D eigenvalue weighted by molar-refractivity contribution is 0.0373. The molecular formula is C17H26N2O2. The Kier molecular flexibility index (Phi) is 5.12. The third-order valence-corrected chi connectivity index (χ3v) is 4.59. The minimum absolute atomic E-state index is 0.385. The van der Waals surface area contributed by atoms with E-state index in [0.717, 1.165) is 45.8 Å². The fraction of sp³-hybridized carbons (Fsp3) is 0.647. The fourth-order valence-corrected chi connectivity index (χ4v) is 3.40. The van der Waals surface area contributed by atoms with E-state index < -0.39 is 0 Å². The average Bonchev–Trinajstić information content (AvgIpc) is 2.53. The molecule has 0 aromatic heterocycles. The Morgan fingerprint density at radius 1 is 1.29 bits per heavy atom. The molecule has 21 heavy (non-hydrogen) atoms. The number of hydrogen-bond acceptors (Lipinski definition) is 4. The van der Waals surface area contributed by atoms with Crippen molar-refractivity contribution >= 4 is 0 Å². The minimum atomic E-state index is 0.385. The van der Waals surface area contributed by atoms with E-state index in [0.29, 0.717) is 11.8 Å². The number of benzene rings is 1. The van der Waals surface area contributed by atoms with E-state index in [-0.39, 0.29) is 0 Å². The van der Waals surface area contributed by atoms with Gasteiger partial charge >= 0.3 is 0 Å². The highest BCUT2D eigenvalue weighted by molar-refractivity contribution is 5.38. The van der Waals surface area contributed by atoms with Gasteiger partial charge in [-0.05, 0) is 62.0 Å². The third-order valence-electron chi connectivity index (χ3n) is 4.59. The molecule has 1 heterocycles. The van der Waals surface area contributed by atoms with Crippen LogP contribution in [-0.2, 0) is 11.2 Å². The highest BCUT2D eigenvalue weighted by atomic mass is 16.5. The second-order valence-electron chi connectivity index (χ2n) is 6.09. The quantitative estimate of drug-likeness (QED) is 0.815. The van der Waals surface area contributed by atoms with Gasteiger partial charge in [-0.15, -0.1) is 0 Å². The lowest BCUT2D eigenvalue weighted by Crippen LogP contribution is -2.38. The number of ether oxygens (including phenoxy) is 1. The molecule has 1 aromatic rings. The molecular weight excluding hydrogens is 264 g/mol. The van der Waals surface area contributed by atoms with Gasteiger partial charge in [0.2, 0.25) is 0 Å². The van der Waals surface area contributed by atoms with E-state index in [2.05, 4.69) is 16.3 Å². The normalized spacial score (nSPS) is 23.0. The zero-order valence-electron chi connectivity index (χ0n) is 12.7. The van der Waals surface area contributed by atoms with Crippen LogP contribution in [0.2, 0.25) is 0 Å². The van der Waals surface area contributed by atoms with Crippen LogP contribution < -0.4 is 5.32 Å². The molecule has 0 amide bonds. The van der Waals surface area contributed by atoms with Gasteiger partial charge in [0.15, 0.2) is 0 Å². The second-order valence-corrected chi connectivity index (χ2v) is 6.09. The molecule has 2 aliphatic rings. The van der Waals surface area contributed by atoms with Crippen LogP contribution in [0.4, 0.5) is 0 Å². The van der Waals surface area contributed by atoms with Gasteiger partial charge in [0.1, 0.15) is 5.75 Å². The van der Waals surface area contributed by atoms with Crippen molar-refractivity contribution in [2.75, 3.05) is 39.4 Å². The molecule has 0 radical (unpaired) electrons. The summed E-state index contributed by atoms with van der Waals surface area (Å²) in [7, 11) is 0. The number of fused-ring (bicyclic) bond motifs is 1. The van der Waals surface area contributed by atoms with Crippen molar-refractivity contribution in [2.24, 2.45) is 0 Å². The Hall–Kier alpha value is -1.10. The first-order valence-electron chi connectivity index (χ1n) is 8.18. The maximum Gasteiger partial charge on any atom is 0.115 e. The largest absolute Gasteiger partial charge is 0.508 e. The van der Waals surface area contributed by atoms with Gasteiger partial charge in [-0.25, -0.2) is 0 Å². The summed E-state index contributed by atoms with van der Waals surface area (Å²) >= 11 is 0. The van der Waals surface area contributed by atoms with Gasteiger partial charge in [0, 0.05) is 19.1 Å². The molecule has 0 bridgehead atoms. The molecule has 1 unspecified atom stereocenters. The first kappa shape index (κ1) is 14.8. The molecule has 0 saturated carbocycles. The Balaban J connectivity index is 1.46. The zero-order chi connectivity index (χ0) is 14.5. The molecule has 116 valence electrons. The number of nitrogens with zero attached hydrogens (tertiary/aromatic N) is 1. The number of aromatic hydroxyl groups is 1. The Bertz CT molecular complexity index is 458. The van der Waals surface area contributed by atoms with Gasteiger partial charge in [-0.3, -0.25) is 4.90 Å². The van der Waals surface area contributed by atoms with Crippen molar-refractivity contribution in [3.8, 4) is 5.75 Å². The van der Waals surface area contributed by atoms with Crippen LogP contribution >= 0.6 is 0 Å². The van der Waals surface area contributed by atoms with Crippen molar-refractivity contribution in [2.45, 2.75) is 31.7 Å². The van der Waals surface area contributed by atoms with Gasteiger partial charge in [-0.2, -0.15) is 0 Å². The number of phenols is 1. The molecule has 1 aromatic carbocycles. The molecule has 1 saturated heterocycles. The van der Waals surface area contributed by atoms with Gasteiger partial charge in [-0.1, -0.05) is 6.07 Å². The molecule has 4 heteroatoms. The van der Waals surface area contributed by atoms with Crippen LogP contribution in [0.25, 0.3) is 0 Å². The summed E-state index contributed by atoms with van der Waals surface area (Å²) in [4.78, 5) is 2.48. The Morgan fingerprint density at radius 3 is 3.00 bits per heavy atom. The van der Waals surface area contributed by atoms with E-state index in [9.17, 15) is 5.11 Å². The predicted octanol–water partition coefficient (Wildman–Crippen LogP) is 2.08. The molecule has 2 N–H and O–H groups in total. The molecule has 1 aliphatic carbocycles. The Morgan fingerprint density at radius 2 is 2.14 bits per heavy atom. The summed E-state index contributed by atoms with van der Waals surface area (Å²) < 4.78 is 5.37. The van der Waals surface area contributed by atoms with Crippen molar-refractivity contribution in [1.29, 1.82) is 0 Å². The van der Waals surface area contributed by atoms with E-state index in [4.69, 9.17) is 4.74 Å². The maximum atomic E-state index is 9.70. The van der Waals surface area contributed by atoms with Crippen LogP contribution in [-0.4, -0.2) is 49.4 Å². The molecule has 1 fully saturated rings. The first-order chi connectivity index (χ1) is 10.3. The highest BCUT2D eigenvalue weighted by Gasteiger charge is 2.20. The van der Waals surface area contributed by atoms with Gasteiger partial charge in [0.25, 0.3) is 0 Å². The molecule has 0 spiro atoms. The first-order valence-corrected chi connectivity index (χ1v) is 8.18. The topological polar surface area (TPSA) is 44.7 Å². The standard InChI is InChI=1S/C17H26N2O2/c20-15-6-5-14-3-1-4-17(16(14)13-15)18-7-2-8-19-9-11-21-12-10-19/h5-6,13,17-18,20H,1-4,7-12H2. The molecule has 4 nitrogen and oxygen atoms in total. The monoisotopic (exact) mass is 290 g/mol. The summed E-state index contributed by atoms with van der Waals surface area (Å²) in [6.45, 7) is 6.08. The zero-order valence-corrected chi connectivity index (χ0v) is 12.7. The van der Waals surface area contributed by atoms with Gasteiger partial charge < -0.3 is 15.2 Å². The van der Waals surface area contributed by atoms with Crippen LogP contribution in [0.1, 0.15) is 36.4 Å². The number of hydrogen-bond donors (Lipinski definition) is 2. The average molecular weight is 290 g/mol. The Labute approximate surface area is 127 Å².